The van der Waals surface area contributed by atoms with E-state index in [2.05, 4.69) is 5.32 Å². The van der Waals surface area contributed by atoms with E-state index in [1.54, 1.807) is 0 Å². The van der Waals surface area contributed by atoms with Gasteiger partial charge < -0.3 is 15.1 Å². The maximum absolute atomic E-state index is 13.0. The Bertz CT molecular complexity index is 979. The van der Waals surface area contributed by atoms with E-state index in [0.717, 1.165) is 57.2 Å². The summed E-state index contributed by atoms with van der Waals surface area (Å²) in [7, 11) is 0. The number of carbonyl (C=O) groups is 3. The van der Waals surface area contributed by atoms with Crippen molar-refractivity contribution in [3.8, 4) is 0 Å². The number of aryl methyl sites for hydroxylation is 2. The van der Waals surface area contributed by atoms with E-state index < -0.39 is 0 Å². The summed E-state index contributed by atoms with van der Waals surface area (Å²) in [6.45, 7) is 2.55. The van der Waals surface area contributed by atoms with Gasteiger partial charge in [-0.2, -0.15) is 0 Å². The summed E-state index contributed by atoms with van der Waals surface area (Å²) in [5.74, 6) is 0.127. The van der Waals surface area contributed by atoms with Gasteiger partial charge in [0.2, 0.25) is 17.7 Å². The summed E-state index contributed by atoms with van der Waals surface area (Å²) in [6.07, 6.45) is 5.88. The number of nitrogens with one attached hydrogen (secondary N) is 1. The summed E-state index contributed by atoms with van der Waals surface area (Å²) in [5, 5.41) is 3.19. The topological polar surface area (TPSA) is 69.7 Å². The lowest BCUT2D eigenvalue weighted by Crippen LogP contribution is -2.53. The summed E-state index contributed by atoms with van der Waals surface area (Å²) in [5.41, 5.74) is 2.33. The van der Waals surface area contributed by atoms with Gasteiger partial charge in [0, 0.05) is 45.1 Å². The molecule has 0 bridgehead atoms. The molecule has 0 spiro atoms. The molecule has 0 saturated carbocycles. The van der Waals surface area contributed by atoms with E-state index in [0.29, 0.717) is 25.9 Å². The van der Waals surface area contributed by atoms with E-state index in [4.69, 9.17) is 0 Å². The third-order valence-electron chi connectivity index (χ3n) is 7.21. The zero-order valence-corrected chi connectivity index (χ0v) is 20.5. The lowest BCUT2D eigenvalue weighted by atomic mass is 9.95. The molecule has 0 radical (unpaired) electrons. The molecule has 4 rings (SSSR count). The zero-order chi connectivity index (χ0) is 24.5. The smallest absolute Gasteiger partial charge is 0.225 e. The van der Waals surface area contributed by atoms with Crippen molar-refractivity contribution in [1.82, 2.24) is 15.1 Å². The third kappa shape index (κ3) is 7.41. The molecule has 2 heterocycles. The zero-order valence-electron chi connectivity index (χ0n) is 20.5. The standard InChI is InChI=1S/C29H37N3O3/c33-27(17-15-23-9-3-1-4-10-23)31-19-7-13-25(21-31)29(35)30-26-14-8-20-32(22-26)28(34)18-16-24-11-5-2-6-12-24/h1-6,9-12,25-26H,7-8,13-22H2,(H,30,35)/t25-,26+/m0/s1. The second-order valence-corrected chi connectivity index (χ2v) is 9.84. The highest BCUT2D eigenvalue weighted by atomic mass is 16.2. The molecule has 35 heavy (non-hydrogen) atoms. The van der Waals surface area contributed by atoms with Crippen molar-refractivity contribution in [1.29, 1.82) is 0 Å². The van der Waals surface area contributed by atoms with Crippen LogP contribution in [-0.4, -0.2) is 59.7 Å². The Morgan fingerprint density at radius 3 is 1.80 bits per heavy atom. The minimum absolute atomic E-state index is 0.0129. The SMILES string of the molecule is O=C(N[C@@H]1CCCN(C(=O)CCc2ccccc2)C1)[C@H]1CCCN(C(=O)CCc2ccccc2)C1. The van der Waals surface area contributed by atoms with E-state index in [1.807, 2.05) is 70.5 Å². The number of carbonyl (C=O) groups excluding carboxylic acids is 3. The fourth-order valence-corrected chi connectivity index (χ4v) is 5.17. The molecule has 0 aromatic heterocycles. The third-order valence-corrected chi connectivity index (χ3v) is 7.21. The van der Waals surface area contributed by atoms with Gasteiger partial charge in [-0.25, -0.2) is 0 Å². The van der Waals surface area contributed by atoms with Gasteiger partial charge in [0.05, 0.1) is 5.92 Å². The highest BCUT2D eigenvalue weighted by molar-refractivity contribution is 5.82. The highest BCUT2D eigenvalue weighted by Gasteiger charge is 2.31. The van der Waals surface area contributed by atoms with Crippen LogP contribution in [0.25, 0.3) is 0 Å². The molecule has 1 N–H and O–H groups in total. The van der Waals surface area contributed by atoms with Crippen LogP contribution in [0, 0.1) is 5.92 Å². The van der Waals surface area contributed by atoms with Crippen molar-refractivity contribution < 1.29 is 14.4 Å². The fourth-order valence-electron chi connectivity index (χ4n) is 5.17. The molecule has 2 atom stereocenters. The molecule has 2 aliphatic rings. The van der Waals surface area contributed by atoms with Crippen LogP contribution in [0.2, 0.25) is 0 Å². The number of hydrogen-bond acceptors (Lipinski definition) is 3. The molecular weight excluding hydrogens is 438 g/mol. The van der Waals surface area contributed by atoms with Crippen LogP contribution in [0.1, 0.15) is 49.7 Å². The molecule has 0 aliphatic carbocycles. The first-order valence-corrected chi connectivity index (χ1v) is 13.0. The molecule has 2 saturated heterocycles. The van der Waals surface area contributed by atoms with Crippen LogP contribution in [0.4, 0.5) is 0 Å². The van der Waals surface area contributed by atoms with Gasteiger partial charge in [-0.1, -0.05) is 60.7 Å². The first kappa shape index (κ1) is 25.0. The van der Waals surface area contributed by atoms with E-state index in [-0.39, 0.29) is 29.7 Å². The van der Waals surface area contributed by atoms with E-state index in [9.17, 15) is 14.4 Å². The predicted octanol–water partition coefficient (Wildman–Crippen LogP) is 3.60. The van der Waals surface area contributed by atoms with Gasteiger partial charge in [-0.15, -0.1) is 0 Å². The maximum Gasteiger partial charge on any atom is 0.225 e. The lowest BCUT2D eigenvalue weighted by molar-refractivity contribution is -0.137. The Balaban J connectivity index is 1.22. The van der Waals surface area contributed by atoms with Crippen LogP contribution in [0.5, 0.6) is 0 Å². The Morgan fingerprint density at radius 1 is 0.714 bits per heavy atom. The Kier molecular flexibility index (Phi) is 8.93. The predicted molar refractivity (Wildman–Crippen MR) is 137 cm³/mol. The molecule has 186 valence electrons. The van der Waals surface area contributed by atoms with Gasteiger partial charge >= 0.3 is 0 Å². The molecule has 6 heteroatoms. The number of amides is 3. The van der Waals surface area contributed by atoms with Crippen molar-refractivity contribution in [3.63, 3.8) is 0 Å². The Labute approximate surface area is 208 Å². The van der Waals surface area contributed by atoms with Gasteiger partial charge in [0.25, 0.3) is 0 Å². The average molecular weight is 476 g/mol. The average Bonchev–Trinajstić information content (AvgIpc) is 2.91. The number of likely N-dealkylation sites (tertiary alicyclic amines) is 2. The van der Waals surface area contributed by atoms with E-state index >= 15 is 0 Å². The van der Waals surface area contributed by atoms with Gasteiger partial charge in [-0.3, -0.25) is 14.4 Å². The first-order chi connectivity index (χ1) is 17.1. The first-order valence-electron chi connectivity index (χ1n) is 13.0. The molecule has 0 unspecified atom stereocenters. The molecule has 2 aliphatic heterocycles. The molecule has 2 fully saturated rings. The van der Waals surface area contributed by atoms with Gasteiger partial charge in [-0.05, 0) is 49.7 Å². The molecule has 2 aromatic carbocycles. The van der Waals surface area contributed by atoms with Crippen LogP contribution >= 0.6 is 0 Å². The van der Waals surface area contributed by atoms with Crippen molar-refractivity contribution >= 4 is 17.7 Å². The van der Waals surface area contributed by atoms with E-state index in [1.165, 1.54) is 5.56 Å². The largest absolute Gasteiger partial charge is 0.351 e. The second kappa shape index (κ2) is 12.5. The number of benzene rings is 2. The summed E-state index contributed by atoms with van der Waals surface area (Å²) in [6, 6.07) is 20.1. The molecule has 2 aromatic rings. The van der Waals surface area contributed by atoms with Crippen LogP contribution in [0.3, 0.4) is 0 Å². The highest BCUT2D eigenvalue weighted by Crippen LogP contribution is 2.20. The second-order valence-electron chi connectivity index (χ2n) is 9.84. The van der Waals surface area contributed by atoms with Crippen molar-refractivity contribution in [2.24, 2.45) is 5.92 Å². The Morgan fingerprint density at radius 2 is 1.23 bits per heavy atom. The van der Waals surface area contributed by atoms with Crippen LogP contribution in [-0.2, 0) is 27.2 Å². The minimum Gasteiger partial charge on any atom is -0.351 e. The summed E-state index contributed by atoms with van der Waals surface area (Å²) >= 11 is 0. The van der Waals surface area contributed by atoms with Crippen molar-refractivity contribution in [2.75, 3.05) is 26.2 Å². The normalized spacial score (nSPS) is 20.3. The van der Waals surface area contributed by atoms with Crippen molar-refractivity contribution in [2.45, 2.75) is 57.4 Å². The van der Waals surface area contributed by atoms with Gasteiger partial charge in [0.1, 0.15) is 0 Å². The number of nitrogens with zero attached hydrogens (tertiary/aromatic N) is 2. The minimum atomic E-state index is -0.173. The Hall–Kier alpha value is -3.15. The molecular formula is C29H37N3O3. The maximum atomic E-state index is 13.0. The summed E-state index contributed by atoms with van der Waals surface area (Å²) < 4.78 is 0. The number of piperidine rings is 2. The number of rotatable bonds is 8. The lowest BCUT2D eigenvalue weighted by Gasteiger charge is -2.36. The number of hydrogen-bond donors (Lipinski definition) is 1. The van der Waals surface area contributed by atoms with Crippen LogP contribution in [0.15, 0.2) is 60.7 Å². The van der Waals surface area contributed by atoms with Crippen LogP contribution < -0.4 is 5.32 Å². The molecule has 6 nitrogen and oxygen atoms in total. The quantitative estimate of drug-likeness (QED) is 0.634. The monoisotopic (exact) mass is 475 g/mol. The van der Waals surface area contributed by atoms with Gasteiger partial charge in [0.15, 0.2) is 0 Å². The molecule has 3 amide bonds. The fraction of sp³-hybridized carbons (Fsp3) is 0.483. The summed E-state index contributed by atoms with van der Waals surface area (Å²) in [4.78, 5) is 42.3. The van der Waals surface area contributed by atoms with Crippen molar-refractivity contribution in [3.05, 3.63) is 71.8 Å².